The number of halogens is 2. The monoisotopic (exact) mass is 657 g/mol. The van der Waals surface area contributed by atoms with Gasteiger partial charge in [0.05, 0.1) is 17.5 Å². The van der Waals surface area contributed by atoms with Gasteiger partial charge in [-0.15, -0.1) is 0 Å². The summed E-state index contributed by atoms with van der Waals surface area (Å²) in [5.74, 6) is 0.149. The van der Waals surface area contributed by atoms with Crippen LogP contribution in [0.15, 0.2) is 42.6 Å². The van der Waals surface area contributed by atoms with Gasteiger partial charge in [-0.05, 0) is 56.5 Å². The van der Waals surface area contributed by atoms with E-state index in [1.54, 1.807) is 6.20 Å². The summed E-state index contributed by atoms with van der Waals surface area (Å²) in [5, 5.41) is 6.46. The van der Waals surface area contributed by atoms with Gasteiger partial charge in [0.2, 0.25) is 0 Å². The van der Waals surface area contributed by atoms with Crippen molar-refractivity contribution in [1.29, 1.82) is 0 Å². The highest BCUT2D eigenvalue weighted by Crippen LogP contribution is 2.44. The lowest BCUT2D eigenvalue weighted by atomic mass is 9.95. The van der Waals surface area contributed by atoms with Gasteiger partial charge in [-0.2, -0.15) is 9.97 Å². The Morgan fingerprint density at radius 3 is 2.70 bits per heavy atom. The van der Waals surface area contributed by atoms with Crippen LogP contribution in [0.5, 0.6) is 6.01 Å². The summed E-state index contributed by atoms with van der Waals surface area (Å²) < 4.78 is 28.5. The van der Waals surface area contributed by atoms with Crippen LogP contribution in [-0.4, -0.2) is 100 Å². The van der Waals surface area contributed by atoms with Gasteiger partial charge >= 0.3 is 12.1 Å². The van der Waals surface area contributed by atoms with E-state index in [9.17, 15) is 4.79 Å². The minimum atomic E-state index is -0.513. The maximum Gasteiger partial charge on any atom is 0.409 e. The van der Waals surface area contributed by atoms with Crippen molar-refractivity contribution in [3.63, 3.8) is 0 Å². The first-order chi connectivity index (χ1) is 23.0. The zero-order valence-corrected chi connectivity index (χ0v) is 26.9. The topological polar surface area (TPSA) is 95.9 Å². The van der Waals surface area contributed by atoms with Gasteiger partial charge in [-0.25, -0.2) is 9.18 Å². The number of hydrogen-bond donors (Lipinski definition) is 1. The van der Waals surface area contributed by atoms with Crippen molar-refractivity contribution in [2.75, 3.05) is 50.8 Å². The number of piperazine rings is 1. The van der Waals surface area contributed by atoms with Crippen LogP contribution in [0.1, 0.15) is 38.5 Å². The van der Waals surface area contributed by atoms with Gasteiger partial charge in [0, 0.05) is 59.9 Å². The van der Waals surface area contributed by atoms with Crippen LogP contribution in [-0.2, 0) is 4.74 Å². The molecule has 2 unspecified atom stereocenters. The fourth-order valence-electron chi connectivity index (χ4n) is 8.83. The van der Waals surface area contributed by atoms with Crippen LogP contribution >= 0.6 is 11.6 Å². The van der Waals surface area contributed by atoms with Crippen molar-refractivity contribution < 1.29 is 18.7 Å². The van der Waals surface area contributed by atoms with E-state index in [-0.39, 0.29) is 34.9 Å². The second-order valence-electron chi connectivity index (χ2n) is 13.8. The Kier molecular flexibility index (Phi) is 7.13. The molecule has 4 atom stereocenters. The molecule has 0 aliphatic carbocycles. The average Bonchev–Trinajstić information content (AvgIpc) is 3.85. The lowest BCUT2D eigenvalue weighted by Crippen LogP contribution is -2.51. The molecule has 1 amide bonds. The number of carbonyl (C=O) groups excluding carboxylic acids is 1. The number of fused-ring (bicyclic) bond motifs is 5. The van der Waals surface area contributed by atoms with Crippen molar-refractivity contribution in [2.24, 2.45) is 0 Å². The Bertz CT molecular complexity index is 1880. The van der Waals surface area contributed by atoms with Crippen LogP contribution in [0.2, 0.25) is 5.02 Å². The Hall–Kier alpha value is -3.80. The highest BCUT2D eigenvalue weighted by Gasteiger charge is 2.50. The van der Waals surface area contributed by atoms with E-state index in [1.165, 1.54) is 0 Å². The normalized spacial score (nSPS) is 27.3. The highest BCUT2D eigenvalue weighted by atomic mass is 35.5. The number of nitrogens with one attached hydrogen (secondary N) is 1. The fraction of sp³-hybridized carbons (Fsp3) is 0.486. The summed E-state index contributed by atoms with van der Waals surface area (Å²) >= 11 is 6.64. The van der Waals surface area contributed by atoms with Crippen molar-refractivity contribution in [3.8, 4) is 17.3 Å². The largest absolute Gasteiger partial charge is 0.461 e. The molecule has 9 rings (SSSR count). The Balaban J connectivity index is 1.08. The number of pyridine rings is 1. The molecular formula is C35H37ClFN7O3. The third-order valence-electron chi connectivity index (χ3n) is 11.0. The molecule has 5 fully saturated rings. The molecule has 1 N–H and O–H groups in total. The number of ether oxygens (including phenoxy) is 2. The maximum atomic E-state index is 16.8. The minimum absolute atomic E-state index is 0.164. The van der Waals surface area contributed by atoms with E-state index in [1.807, 2.05) is 41.3 Å². The number of amides is 1. The lowest BCUT2D eigenvalue weighted by molar-refractivity contribution is 0.0753. The van der Waals surface area contributed by atoms with Crippen LogP contribution in [0.4, 0.5) is 15.0 Å². The summed E-state index contributed by atoms with van der Waals surface area (Å²) in [6.07, 6.45) is 7.72. The average molecular weight is 658 g/mol. The minimum Gasteiger partial charge on any atom is -0.461 e. The predicted molar refractivity (Wildman–Crippen MR) is 178 cm³/mol. The van der Waals surface area contributed by atoms with Crippen LogP contribution in [0.3, 0.4) is 0 Å². The van der Waals surface area contributed by atoms with E-state index >= 15 is 4.39 Å². The van der Waals surface area contributed by atoms with E-state index in [0.717, 1.165) is 68.9 Å². The number of aromatic nitrogens is 3. The highest BCUT2D eigenvalue weighted by molar-refractivity contribution is 6.36. The Morgan fingerprint density at radius 2 is 1.89 bits per heavy atom. The van der Waals surface area contributed by atoms with E-state index in [0.29, 0.717) is 60.2 Å². The molecule has 2 bridgehead atoms. The van der Waals surface area contributed by atoms with Crippen LogP contribution in [0.25, 0.3) is 32.9 Å². The molecule has 10 nitrogen and oxygen atoms in total. The molecule has 5 aliphatic rings. The van der Waals surface area contributed by atoms with Gasteiger partial charge in [0.15, 0.2) is 5.82 Å². The SMILES string of the molecule is O=C1OCCN1C[C@H]1CC[C@@]2(COc3nc(N4CC5CCC(C4)N5)c4cnc(-c5cccc6cccc(Cl)c56)c(F)c4n3)CCCN12. The lowest BCUT2D eigenvalue weighted by Gasteiger charge is -2.36. The molecule has 0 spiro atoms. The predicted octanol–water partition coefficient (Wildman–Crippen LogP) is 5.41. The second-order valence-corrected chi connectivity index (χ2v) is 14.2. The van der Waals surface area contributed by atoms with Crippen molar-refractivity contribution in [3.05, 3.63) is 53.4 Å². The summed E-state index contributed by atoms with van der Waals surface area (Å²) in [6.45, 7) is 4.69. The number of carbonyl (C=O) groups is 1. The molecule has 12 heteroatoms. The number of anilines is 1. The first-order valence-corrected chi connectivity index (χ1v) is 17.2. The number of cyclic esters (lactones) is 1. The molecular weight excluding hydrogens is 621 g/mol. The Morgan fingerprint density at radius 1 is 1.06 bits per heavy atom. The van der Waals surface area contributed by atoms with Gasteiger partial charge in [0.25, 0.3) is 0 Å². The Labute approximate surface area is 277 Å². The van der Waals surface area contributed by atoms with E-state index in [2.05, 4.69) is 20.1 Å². The second kappa shape index (κ2) is 11.4. The zero-order chi connectivity index (χ0) is 31.7. The van der Waals surface area contributed by atoms with Crippen LogP contribution in [0, 0.1) is 5.82 Å². The third kappa shape index (κ3) is 4.96. The molecule has 2 aromatic carbocycles. The third-order valence-corrected chi connectivity index (χ3v) is 11.4. The first kappa shape index (κ1) is 29.3. The van der Waals surface area contributed by atoms with E-state index < -0.39 is 5.82 Å². The molecule has 244 valence electrons. The van der Waals surface area contributed by atoms with E-state index in [4.69, 9.17) is 31.0 Å². The summed E-state index contributed by atoms with van der Waals surface area (Å²) in [5.41, 5.74) is 0.854. The smallest absolute Gasteiger partial charge is 0.409 e. The molecule has 0 saturated carbocycles. The summed E-state index contributed by atoms with van der Waals surface area (Å²) in [6, 6.07) is 12.5. The quantitative estimate of drug-likeness (QED) is 0.280. The number of rotatable bonds is 7. The number of benzene rings is 2. The van der Waals surface area contributed by atoms with Gasteiger partial charge in [-0.3, -0.25) is 9.88 Å². The molecule has 7 heterocycles. The van der Waals surface area contributed by atoms with Crippen molar-refractivity contribution >= 4 is 45.2 Å². The molecule has 5 aliphatic heterocycles. The fourth-order valence-corrected chi connectivity index (χ4v) is 9.11. The molecule has 0 radical (unpaired) electrons. The number of hydrogen-bond acceptors (Lipinski definition) is 9. The van der Waals surface area contributed by atoms with Gasteiger partial charge < -0.3 is 24.6 Å². The van der Waals surface area contributed by atoms with Gasteiger partial charge in [-0.1, -0.05) is 41.9 Å². The maximum absolute atomic E-state index is 16.8. The molecule has 2 aromatic heterocycles. The van der Waals surface area contributed by atoms with Crippen LogP contribution < -0.4 is 15.0 Å². The zero-order valence-electron chi connectivity index (χ0n) is 26.1. The van der Waals surface area contributed by atoms with Crippen molar-refractivity contribution in [2.45, 2.75) is 62.2 Å². The van der Waals surface area contributed by atoms with Gasteiger partial charge in [0.1, 0.15) is 30.2 Å². The number of nitrogens with zero attached hydrogens (tertiary/aromatic N) is 6. The summed E-state index contributed by atoms with van der Waals surface area (Å²) in [7, 11) is 0. The first-order valence-electron chi connectivity index (χ1n) is 16.8. The standard InChI is InChI=1S/C35H37ClFN7O3/c36-27-7-2-5-21-4-1-6-25(28(21)27)30-29(37)31-26(16-38-30)32(43-17-22-8-9-23(18-43)39-22)41-33(40-31)47-20-35-11-3-13-44(35)24(10-12-35)19-42-14-15-46-34(42)45/h1-2,4-7,16,22-24,39H,3,8-15,17-20H2/t22?,23?,24-,35-/m1/s1. The molecule has 47 heavy (non-hydrogen) atoms. The molecule has 4 aromatic rings. The molecule has 5 saturated heterocycles. The van der Waals surface area contributed by atoms with Crippen molar-refractivity contribution in [1.82, 2.24) is 30.1 Å². The summed E-state index contributed by atoms with van der Waals surface area (Å²) in [4.78, 5) is 33.1.